The van der Waals surface area contributed by atoms with Gasteiger partial charge in [-0.2, -0.15) is 5.10 Å². The lowest BCUT2D eigenvalue weighted by Crippen LogP contribution is -2.47. The normalized spacial score (nSPS) is 15.1. The number of aromatic nitrogens is 2. The van der Waals surface area contributed by atoms with Crippen molar-refractivity contribution in [3.8, 4) is 0 Å². The predicted octanol–water partition coefficient (Wildman–Crippen LogP) is 1.89. The average Bonchev–Trinajstić information content (AvgIpc) is 2.98. The second kappa shape index (κ2) is 7.92. The number of carbonyl (C=O) groups is 2. The number of likely N-dealkylation sites (N-methyl/N-ethyl adjacent to an activating group) is 1. The summed E-state index contributed by atoms with van der Waals surface area (Å²) in [5.74, 6) is -0.963. The Kier molecular flexibility index (Phi) is 5.60. The summed E-state index contributed by atoms with van der Waals surface area (Å²) in [6.07, 6.45) is 0.620. The maximum absolute atomic E-state index is 12.8. The van der Waals surface area contributed by atoms with Crippen LogP contribution in [0.2, 0.25) is 0 Å². The zero-order valence-corrected chi connectivity index (χ0v) is 16.1. The monoisotopic (exact) mass is 370 g/mol. The SMILES string of the molecule is CCc1c(C(=O)O)nn(Cc2cccc(C(=O)N3CCN(C)CC3)c2)c1C. The summed E-state index contributed by atoms with van der Waals surface area (Å²) in [4.78, 5) is 28.3. The number of amides is 1. The van der Waals surface area contributed by atoms with Crippen LogP contribution in [0.4, 0.5) is 0 Å². The number of nitrogens with zero attached hydrogens (tertiary/aromatic N) is 4. The van der Waals surface area contributed by atoms with Gasteiger partial charge in [0.25, 0.3) is 5.91 Å². The van der Waals surface area contributed by atoms with E-state index < -0.39 is 5.97 Å². The molecule has 1 aliphatic heterocycles. The van der Waals surface area contributed by atoms with Crippen molar-refractivity contribution < 1.29 is 14.7 Å². The molecule has 27 heavy (non-hydrogen) atoms. The molecule has 0 aliphatic carbocycles. The molecule has 7 heteroatoms. The Labute approximate surface area is 159 Å². The van der Waals surface area contributed by atoms with E-state index in [9.17, 15) is 14.7 Å². The molecule has 2 aromatic rings. The van der Waals surface area contributed by atoms with E-state index in [4.69, 9.17) is 0 Å². The molecule has 1 amide bonds. The lowest BCUT2D eigenvalue weighted by Gasteiger charge is -2.32. The molecule has 7 nitrogen and oxygen atoms in total. The molecule has 1 aromatic heterocycles. The summed E-state index contributed by atoms with van der Waals surface area (Å²) >= 11 is 0. The molecule has 1 aliphatic rings. The second-order valence-electron chi connectivity index (χ2n) is 7.02. The van der Waals surface area contributed by atoms with Crippen molar-refractivity contribution in [1.29, 1.82) is 0 Å². The largest absolute Gasteiger partial charge is 0.476 e. The van der Waals surface area contributed by atoms with Gasteiger partial charge in [-0.05, 0) is 38.1 Å². The summed E-state index contributed by atoms with van der Waals surface area (Å²) in [7, 11) is 2.06. The minimum Gasteiger partial charge on any atom is -0.476 e. The molecule has 0 atom stereocenters. The van der Waals surface area contributed by atoms with Gasteiger partial charge in [0, 0.05) is 43.0 Å². The van der Waals surface area contributed by atoms with Gasteiger partial charge in [0.15, 0.2) is 5.69 Å². The molecule has 0 unspecified atom stereocenters. The van der Waals surface area contributed by atoms with Crippen LogP contribution in [0.5, 0.6) is 0 Å². The topological polar surface area (TPSA) is 78.7 Å². The Morgan fingerprint density at radius 3 is 2.48 bits per heavy atom. The quantitative estimate of drug-likeness (QED) is 0.870. The first-order chi connectivity index (χ1) is 12.9. The number of carbonyl (C=O) groups excluding carboxylic acids is 1. The van der Waals surface area contributed by atoms with E-state index in [1.165, 1.54) is 0 Å². The number of benzene rings is 1. The van der Waals surface area contributed by atoms with E-state index in [1.807, 2.05) is 43.0 Å². The van der Waals surface area contributed by atoms with Crippen LogP contribution in [0.15, 0.2) is 24.3 Å². The Balaban J connectivity index is 1.80. The summed E-state index contributed by atoms with van der Waals surface area (Å²) in [6, 6.07) is 7.53. The molecule has 2 heterocycles. The number of hydrogen-bond acceptors (Lipinski definition) is 4. The fourth-order valence-corrected chi connectivity index (χ4v) is 3.50. The highest BCUT2D eigenvalue weighted by atomic mass is 16.4. The van der Waals surface area contributed by atoms with Crippen molar-refractivity contribution in [2.24, 2.45) is 0 Å². The van der Waals surface area contributed by atoms with Crippen LogP contribution in [0.3, 0.4) is 0 Å². The first-order valence-corrected chi connectivity index (χ1v) is 9.27. The number of aromatic carboxylic acids is 1. The molecule has 0 bridgehead atoms. The molecule has 1 fully saturated rings. The number of carboxylic acid groups (broad SMARTS) is 1. The van der Waals surface area contributed by atoms with E-state index in [0.717, 1.165) is 43.0 Å². The number of carboxylic acids is 1. The lowest BCUT2D eigenvalue weighted by molar-refractivity contribution is 0.0661. The highest BCUT2D eigenvalue weighted by Crippen LogP contribution is 2.17. The van der Waals surface area contributed by atoms with Gasteiger partial charge in [0.1, 0.15) is 0 Å². The molecular formula is C20H26N4O3. The lowest BCUT2D eigenvalue weighted by atomic mass is 10.1. The minimum absolute atomic E-state index is 0.0441. The van der Waals surface area contributed by atoms with Gasteiger partial charge in [-0.15, -0.1) is 0 Å². The third-order valence-electron chi connectivity index (χ3n) is 5.18. The van der Waals surface area contributed by atoms with Crippen LogP contribution < -0.4 is 0 Å². The minimum atomic E-state index is -1.01. The van der Waals surface area contributed by atoms with Crippen LogP contribution in [-0.4, -0.2) is 69.8 Å². The predicted molar refractivity (Wildman–Crippen MR) is 102 cm³/mol. The molecular weight excluding hydrogens is 344 g/mol. The summed E-state index contributed by atoms with van der Waals surface area (Å²) in [6.45, 7) is 7.49. The third-order valence-corrected chi connectivity index (χ3v) is 5.18. The number of hydrogen-bond donors (Lipinski definition) is 1. The molecule has 1 aromatic carbocycles. The van der Waals surface area contributed by atoms with Crippen LogP contribution >= 0.6 is 0 Å². The van der Waals surface area contributed by atoms with E-state index in [2.05, 4.69) is 17.0 Å². The van der Waals surface area contributed by atoms with Crippen LogP contribution in [-0.2, 0) is 13.0 Å². The third kappa shape index (κ3) is 4.03. The molecule has 0 saturated carbocycles. The van der Waals surface area contributed by atoms with Crippen LogP contribution in [0, 0.1) is 6.92 Å². The summed E-state index contributed by atoms with van der Waals surface area (Å²) in [5, 5.41) is 13.6. The fourth-order valence-electron chi connectivity index (χ4n) is 3.50. The summed E-state index contributed by atoms with van der Waals surface area (Å²) < 4.78 is 1.71. The van der Waals surface area contributed by atoms with Crippen molar-refractivity contribution in [3.63, 3.8) is 0 Å². The second-order valence-corrected chi connectivity index (χ2v) is 7.02. The van der Waals surface area contributed by atoms with E-state index in [-0.39, 0.29) is 11.6 Å². The Bertz CT molecular complexity index is 851. The van der Waals surface area contributed by atoms with Crippen molar-refractivity contribution in [1.82, 2.24) is 19.6 Å². The van der Waals surface area contributed by atoms with Gasteiger partial charge in [-0.25, -0.2) is 4.79 Å². The van der Waals surface area contributed by atoms with Gasteiger partial charge in [0.05, 0.1) is 6.54 Å². The standard InChI is InChI=1S/C20H26N4O3/c1-4-17-14(2)24(21-18(17)20(26)27)13-15-6-5-7-16(12-15)19(25)23-10-8-22(3)9-11-23/h5-7,12H,4,8-11,13H2,1-3H3,(H,26,27). The maximum atomic E-state index is 12.8. The number of piperazine rings is 1. The van der Waals surface area contributed by atoms with Crippen molar-refractivity contribution in [2.75, 3.05) is 33.2 Å². The molecule has 0 radical (unpaired) electrons. The van der Waals surface area contributed by atoms with Gasteiger partial charge >= 0.3 is 5.97 Å². The molecule has 3 rings (SSSR count). The van der Waals surface area contributed by atoms with Crippen LogP contribution in [0.25, 0.3) is 0 Å². The van der Waals surface area contributed by atoms with Crippen molar-refractivity contribution in [2.45, 2.75) is 26.8 Å². The zero-order chi connectivity index (χ0) is 19.6. The first kappa shape index (κ1) is 19.1. The molecule has 1 N–H and O–H groups in total. The first-order valence-electron chi connectivity index (χ1n) is 9.27. The van der Waals surface area contributed by atoms with E-state index >= 15 is 0 Å². The van der Waals surface area contributed by atoms with Crippen LogP contribution in [0.1, 0.15) is 44.6 Å². The highest BCUT2D eigenvalue weighted by molar-refractivity contribution is 5.94. The maximum Gasteiger partial charge on any atom is 0.356 e. The fraction of sp³-hybridized carbons (Fsp3) is 0.450. The highest BCUT2D eigenvalue weighted by Gasteiger charge is 2.21. The smallest absolute Gasteiger partial charge is 0.356 e. The average molecular weight is 370 g/mol. The van der Waals surface area contributed by atoms with Gasteiger partial charge < -0.3 is 14.9 Å². The van der Waals surface area contributed by atoms with E-state index in [0.29, 0.717) is 18.5 Å². The number of rotatable bonds is 5. The van der Waals surface area contributed by atoms with Crippen molar-refractivity contribution >= 4 is 11.9 Å². The van der Waals surface area contributed by atoms with Gasteiger partial charge in [-0.1, -0.05) is 19.1 Å². The Hall–Kier alpha value is -2.67. The van der Waals surface area contributed by atoms with E-state index in [1.54, 1.807) is 4.68 Å². The van der Waals surface area contributed by atoms with Crippen molar-refractivity contribution in [3.05, 3.63) is 52.3 Å². The van der Waals surface area contributed by atoms with Gasteiger partial charge in [0.2, 0.25) is 0 Å². The molecule has 0 spiro atoms. The summed E-state index contributed by atoms with van der Waals surface area (Å²) in [5.41, 5.74) is 3.31. The molecule has 1 saturated heterocycles. The van der Waals surface area contributed by atoms with Gasteiger partial charge in [-0.3, -0.25) is 9.48 Å². The Morgan fingerprint density at radius 1 is 1.19 bits per heavy atom. The molecule has 144 valence electrons. The Morgan fingerprint density at radius 2 is 1.89 bits per heavy atom. The zero-order valence-electron chi connectivity index (χ0n) is 16.1.